The minimum Gasteiger partial charge on any atom is -0.384 e. The van der Waals surface area contributed by atoms with E-state index >= 15 is 0 Å². The van der Waals surface area contributed by atoms with Gasteiger partial charge in [-0.1, -0.05) is 54.9 Å². The second kappa shape index (κ2) is 6.71. The molecule has 1 atom stereocenters. The van der Waals surface area contributed by atoms with Crippen molar-refractivity contribution in [2.75, 3.05) is 6.54 Å². The molecule has 0 amide bonds. The first-order chi connectivity index (χ1) is 9.22. The van der Waals surface area contributed by atoms with Crippen molar-refractivity contribution < 1.29 is 5.11 Å². The van der Waals surface area contributed by atoms with Gasteiger partial charge in [-0.15, -0.1) is 0 Å². The van der Waals surface area contributed by atoms with Crippen molar-refractivity contribution in [3.63, 3.8) is 0 Å². The number of nitrogens with one attached hydrogen (secondary N) is 1. The predicted octanol–water partition coefficient (Wildman–Crippen LogP) is 3.53. The van der Waals surface area contributed by atoms with Crippen molar-refractivity contribution in [1.82, 2.24) is 5.32 Å². The van der Waals surface area contributed by atoms with E-state index in [-0.39, 0.29) is 0 Å². The third-order valence-corrected chi connectivity index (χ3v) is 3.35. The van der Waals surface area contributed by atoms with Crippen molar-refractivity contribution in [2.45, 2.75) is 19.6 Å². The van der Waals surface area contributed by atoms with Crippen LogP contribution in [0, 0.1) is 0 Å². The lowest BCUT2D eigenvalue weighted by Gasteiger charge is -2.16. The highest BCUT2D eigenvalue weighted by Crippen LogP contribution is 2.26. The van der Waals surface area contributed by atoms with E-state index in [4.69, 9.17) is 11.6 Å². The molecule has 0 aromatic heterocycles. The Labute approximate surface area is 119 Å². The van der Waals surface area contributed by atoms with Crippen LogP contribution in [-0.4, -0.2) is 11.7 Å². The maximum Gasteiger partial charge on any atom is 0.104 e. The molecule has 2 rings (SSSR count). The first-order valence-corrected chi connectivity index (χ1v) is 6.82. The Balaban J connectivity index is 2.27. The van der Waals surface area contributed by atoms with E-state index in [1.54, 1.807) is 12.1 Å². The molecule has 0 bridgehead atoms. The molecular weight excluding hydrogens is 258 g/mol. The first kappa shape index (κ1) is 14.1. The zero-order valence-electron chi connectivity index (χ0n) is 10.9. The zero-order valence-corrected chi connectivity index (χ0v) is 11.7. The Hall–Kier alpha value is -1.35. The van der Waals surface area contributed by atoms with Gasteiger partial charge in [0.1, 0.15) is 6.10 Å². The molecule has 2 aromatic rings. The summed E-state index contributed by atoms with van der Waals surface area (Å²) in [5.74, 6) is 0. The molecule has 0 unspecified atom stereocenters. The summed E-state index contributed by atoms with van der Waals surface area (Å²) >= 11 is 5.87. The summed E-state index contributed by atoms with van der Waals surface area (Å²) < 4.78 is 0. The van der Waals surface area contributed by atoms with Gasteiger partial charge >= 0.3 is 0 Å². The number of aliphatic hydroxyl groups excluding tert-OH is 1. The summed E-state index contributed by atoms with van der Waals surface area (Å²) in [6, 6.07) is 15.3. The van der Waals surface area contributed by atoms with Gasteiger partial charge in [0, 0.05) is 11.6 Å². The van der Waals surface area contributed by atoms with E-state index in [1.165, 1.54) is 0 Å². The molecule has 2 aromatic carbocycles. The van der Waals surface area contributed by atoms with Crippen LogP contribution in [-0.2, 0) is 6.54 Å². The maximum absolute atomic E-state index is 10.5. The molecule has 0 fully saturated rings. The number of benzene rings is 2. The van der Waals surface area contributed by atoms with E-state index in [2.05, 4.69) is 12.2 Å². The van der Waals surface area contributed by atoms with Crippen LogP contribution in [0.5, 0.6) is 0 Å². The van der Waals surface area contributed by atoms with Crippen LogP contribution in [0.25, 0.3) is 0 Å². The standard InChI is InChI=1S/C16H18ClNO/c1-2-18-11-13-5-3-4-6-15(13)16(19)12-7-9-14(17)10-8-12/h3-10,16,18-19H,2,11H2,1H3/t16-/m0/s1. The molecule has 2 N–H and O–H groups in total. The van der Waals surface area contributed by atoms with Gasteiger partial charge < -0.3 is 10.4 Å². The van der Waals surface area contributed by atoms with Crippen molar-refractivity contribution in [3.05, 3.63) is 70.2 Å². The second-order valence-corrected chi connectivity index (χ2v) is 4.87. The Morgan fingerprint density at radius 2 is 1.79 bits per heavy atom. The number of hydrogen-bond acceptors (Lipinski definition) is 2. The largest absolute Gasteiger partial charge is 0.384 e. The second-order valence-electron chi connectivity index (χ2n) is 4.43. The lowest BCUT2D eigenvalue weighted by Crippen LogP contribution is -2.14. The minimum atomic E-state index is -0.618. The number of rotatable bonds is 5. The van der Waals surface area contributed by atoms with E-state index in [9.17, 15) is 5.11 Å². The SMILES string of the molecule is CCNCc1ccccc1[C@@H](O)c1ccc(Cl)cc1. The summed E-state index contributed by atoms with van der Waals surface area (Å²) in [7, 11) is 0. The third kappa shape index (κ3) is 3.57. The van der Waals surface area contributed by atoms with E-state index in [0.717, 1.165) is 29.8 Å². The van der Waals surface area contributed by atoms with Gasteiger partial charge in [0.25, 0.3) is 0 Å². The van der Waals surface area contributed by atoms with Crippen LogP contribution in [0.4, 0.5) is 0 Å². The maximum atomic E-state index is 10.5. The predicted molar refractivity (Wildman–Crippen MR) is 79.3 cm³/mol. The third-order valence-electron chi connectivity index (χ3n) is 3.10. The molecule has 0 aliphatic heterocycles. The molecule has 19 heavy (non-hydrogen) atoms. The molecule has 0 spiro atoms. The summed E-state index contributed by atoms with van der Waals surface area (Å²) in [6.45, 7) is 3.74. The summed E-state index contributed by atoms with van der Waals surface area (Å²) in [5, 5.41) is 14.5. The number of aliphatic hydroxyl groups is 1. The topological polar surface area (TPSA) is 32.3 Å². The summed E-state index contributed by atoms with van der Waals surface area (Å²) in [5.41, 5.74) is 2.91. The smallest absolute Gasteiger partial charge is 0.104 e. The molecule has 0 aliphatic carbocycles. The van der Waals surface area contributed by atoms with Gasteiger partial charge in [-0.05, 0) is 35.4 Å². The summed E-state index contributed by atoms with van der Waals surface area (Å²) in [6.07, 6.45) is -0.618. The van der Waals surface area contributed by atoms with E-state index in [0.29, 0.717) is 5.02 Å². The Bertz CT molecular complexity index is 525. The van der Waals surface area contributed by atoms with Crippen LogP contribution in [0.2, 0.25) is 5.02 Å². The monoisotopic (exact) mass is 275 g/mol. The zero-order chi connectivity index (χ0) is 13.7. The average Bonchev–Trinajstić information content (AvgIpc) is 2.45. The lowest BCUT2D eigenvalue weighted by molar-refractivity contribution is 0.219. The van der Waals surface area contributed by atoms with Crippen molar-refractivity contribution in [3.8, 4) is 0 Å². The highest BCUT2D eigenvalue weighted by molar-refractivity contribution is 6.30. The molecule has 0 heterocycles. The first-order valence-electron chi connectivity index (χ1n) is 6.44. The summed E-state index contributed by atoms with van der Waals surface area (Å²) in [4.78, 5) is 0. The molecule has 0 saturated heterocycles. The lowest BCUT2D eigenvalue weighted by atomic mass is 9.97. The van der Waals surface area contributed by atoms with Gasteiger partial charge in [-0.25, -0.2) is 0 Å². The van der Waals surface area contributed by atoms with Crippen molar-refractivity contribution >= 4 is 11.6 Å². The number of halogens is 1. The Morgan fingerprint density at radius 1 is 1.11 bits per heavy atom. The van der Waals surface area contributed by atoms with Crippen molar-refractivity contribution in [1.29, 1.82) is 0 Å². The van der Waals surface area contributed by atoms with Gasteiger partial charge in [0.05, 0.1) is 0 Å². The highest BCUT2D eigenvalue weighted by atomic mass is 35.5. The molecule has 100 valence electrons. The molecule has 2 nitrogen and oxygen atoms in total. The molecule has 0 saturated carbocycles. The average molecular weight is 276 g/mol. The molecule has 0 aliphatic rings. The van der Waals surface area contributed by atoms with Crippen LogP contribution in [0.3, 0.4) is 0 Å². The van der Waals surface area contributed by atoms with E-state index in [1.807, 2.05) is 36.4 Å². The normalized spacial score (nSPS) is 12.4. The Morgan fingerprint density at radius 3 is 2.47 bits per heavy atom. The van der Waals surface area contributed by atoms with Gasteiger partial charge in [0.15, 0.2) is 0 Å². The quantitative estimate of drug-likeness (QED) is 0.875. The van der Waals surface area contributed by atoms with Crippen LogP contribution < -0.4 is 5.32 Å². The Kier molecular flexibility index (Phi) is 4.97. The van der Waals surface area contributed by atoms with Crippen molar-refractivity contribution in [2.24, 2.45) is 0 Å². The minimum absolute atomic E-state index is 0.618. The van der Waals surface area contributed by atoms with Gasteiger partial charge in [-0.3, -0.25) is 0 Å². The fourth-order valence-corrected chi connectivity index (χ4v) is 2.17. The van der Waals surface area contributed by atoms with E-state index < -0.39 is 6.10 Å². The van der Waals surface area contributed by atoms with Crippen LogP contribution >= 0.6 is 11.6 Å². The molecule has 0 radical (unpaired) electrons. The number of hydrogen-bond donors (Lipinski definition) is 2. The van der Waals surface area contributed by atoms with Crippen LogP contribution in [0.15, 0.2) is 48.5 Å². The fourth-order valence-electron chi connectivity index (χ4n) is 2.05. The van der Waals surface area contributed by atoms with Crippen LogP contribution in [0.1, 0.15) is 29.7 Å². The highest BCUT2D eigenvalue weighted by Gasteiger charge is 2.13. The fraction of sp³-hybridized carbons (Fsp3) is 0.250. The van der Waals surface area contributed by atoms with Gasteiger partial charge in [-0.2, -0.15) is 0 Å². The molecule has 3 heteroatoms. The van der Waals surface area contributed by atoms with Gasteiger partial charge in [0.2, 0.25) is 0 Å². The molecular formula is C16H18ClNO.